The summed E-state index contributed by atoms with van der Waals surface area (Å²) in [5.41, 5.74) is 3.03. The fourth-order valence-electron chi connectivity index (χ4n) is 2.97. The lowest BCUT2D eigenvalue weighted by Crippen LogP contribution is -2.29. The van der Waals surface area contributed by atoms with Gasteiger partial charge in [-0.05, 0) is 43.6 Å². The summed E-state index contributed by atoms with van der Waals surface area (Å²) in [6, 6.07) is 7.98. The number of carbonyl (C=O) groups is 1. The molecule has 2 N–H and O–H groups in total. The van der Waals surface area contributed by atoms with Crippen LogP contribution in [-0.2, 0) is 13.0 Å². The summed E-state index contributed by atoms with van der Waals surface area (Å²) < 4.78 is 0. The third-order valence-electron chi connectivity index (χ3n) is 4.31. The van der Waals surface area contributed by atoms with Crippen LogP contribution in [0.5, 0.6) is 0 Å². The quantitative estimate of drug-likeness (QED) is 0.861. The van der Waals surface area contributed by atoms with Crippen molar-refractivity contribution in [1.82, 2.24) is 20.2 Å². The molecule has 0 bridgehead atoms. The van der Waals surface area contributed by atoms with Gasteiger partial charge in [0.05, 0.1) is 6.33 Å². The van der Waals surface area contributed by atoms with Gasteiger partial charge in [-0.3, -0.25) is 9.69 Å². The number of nitrogens with one attached hydrogen (secondary N) is 2. The maximum atomic E-state index is 12.1. The lowest BCUT2D eigenvalue weighted by atomic mass is 10.1. The number of benzene rings is 1. The molecule has 0 spiro atoms. The van der Waals surface area contributed by atoms with Crippen LogP contribution < -0.4 is 5.32 Å². The minimum atomic E-state index is -0.0194. The zero-order chi connectivity index (χ0) is 15.9. The fourth-order valence-corrected chi connectivity index (χ4v) is 2.97. The van der Waals surface area contributed by atoms with E-state index in [4.69, 9.17) is 0 Å². The fraction of sp³-hybridized carbons (Fsp3) is 0.444. The molecule has 1 fully saturated rings. The van der Waals surface area contributed by atoms with E-state index in [0.29, 0.717) is 6.54 Å². The molecule has 2 heterocycles. The van der Waals surface area contributed by atoms with Gasteiger partial charge < -0.3 is 10.3 Å². The summed E-state index contributed by atoms with van der Waals surface area (Å²) >= 11 is 0. The number of hydrogen-bond acceptors (Lipinski definition) is 3. The van der Waals surface area contributed by atoms with Crippen molar-refractivity contribution in [3.05, 3.63) is 53.6 Å². The number of carbonyl (C=O) groups excluding carboxylic acids is 1. The molecule has 5 heteroatoms. The van der Waals surface area contributed by atoms with Gasteiger partial charge in [0.1, 0.15) is 0 Å². The smallest absolute Gasteiger partial charge is 0.251 e. The number of imidazole rings is 1. The van der Waals surface area contributed by atoms with Crippen LogP contribution >= 0.6 is 0 Å². The molecule has 0 saturated carbocycles. The molecule has 1 aromatic heterocycles. The van der Waals surface area contributed by atoms with E-state index in [1.807, 2.05) is 12.1 Å². The molecule has 1 aromatic carbocycles. The van der Waals surface area contributed by atoms with Gasteiger partial charge in [0.15, 0.2) is 0 Å². The largest absolute Gasteiger partial charge is 0.352 e. The molecule has 1 amide bonds. The highest BCUT2D eigenvalue weighted by Gasteiger charge is 2.11. The molecule has 0 atom stereocenters. The summed E-state index contributed by atoms with van der Waals surface area (Å²) in [4.78, 5) is 21.6. The van der Waals surface area contributed by atoms with Crippen LogP contribution in [0.2, 0.25) is 0 Å². The number of piperidine rings is 1. The van der Waals surface area contributed by atoms with E-state index in [1.165, 1.54) is 37.9 Å². The summed E-state index contributed by atoms with van der Waals surface area (Å²) in [6.45, 7) is 3.98. The Labute approximate surface area is 137 Å². The molecule has 122 valence electrons. The SMILES string of the molecule is O=C(NCCc1cnc[nH]1)c1ccc(CN2CCCCC2)cc1. The van der Waals surface area contributed by atoms with Crippen molar-refractivity contribution in [3.63, 3.8) is 0 Å². The summed E-state index contributed by atoms with van der Waals surface area (Å²) in [5, 5.41) is 2.94. The molecule has 3 rings (SSSR count). The maximum Gasteiger partial charge on any atom is 0.251 e. The molecule has 0 radical (unpaired) electrons. The highest BCUT2D eigenvalue weighted by Crippen LogP contribution is 2.13. The topological polar surface area (TPSA) is 61.0 Å². The first-order valence-corrected chi connectivity index (χ1v) is 8.38. The number of aromatic amines is 1. The third kappa shape index (κ3) is 4.66. The number of hydrogen-bond donors (Lipinski definition) is 2. The number of H-pyrrole nitrogens is 1. The number of amides is 1. The van der Waals surface area contributed by atoms with Gasteiger partial charge in [0.2, 0.25) is 0 Å². The molecule has 1 saturated heterocycles. The van der Waals surface area contributed by atoms with Crippen molar-refractivity contribution in [2.45, 2.75) is 32.2 Å². The lowest BCUT2D eigenvalue weighted by Gasteiger charge is -2.26. The molecular weight excluding hydrogens is 288 g/mol. The Morgan fingerprint density at radius 2 is 1.96 bits per heavy atom. The van der Waals surface area contributed by atoms with Crippen LogP contribution in [0.15, 0.2) is 36.8 Å². The first-order valence-electron chi connectivity index (χ1n) is 8.38. The van der Waals surface area contributed by atoms with Gasteiger partial charge in [-0.15, -0.1) is 0 Å². The second-order valence-corrected chi connectivity index (χ2v) is 6.12. The Balaban J connectivity index is 1.46. The number of rotatable bonds is 6. The molecule has 2 aromatic rings. The van der Waals surface area contributed by atoms with Crippen LogP contribution in [0.1, 0.15) is 40.9 Å². The number of aromatic nitrogens is 2. The Kier molecular flexibility index (Phi) is 5.42. The van der Waals surface area contributed by atoms with Gasteiger partial charge in [0, 0.05) is 37.0 Å². The molecular formula is C18H24N4O. The first kappa shape index (κ1) is 15.7. The summed E-state index contributed by atoms with van der Waals surface area (Å²) in [6.07, 6.45) is 8.15. The predicted molar refractivity (Wildman–Crippen MR) is 90.2 cm³/mol. The average molecular weight is 312 g/mol. The average Bonchev–Trinajstić information content (AvgIpc) is 3.10. The third-order valence-corrected chi connectivity index (χ3v) is 4.31. The minimum absolute atomic E-state index is 0.0194. The lowest BCUT2D eigenvalue weighted by molar-refractivity contribution is 0.0954. The molecule has 1 aliphatic rings. The van der Waals surface area contributed by atoms with Crippen molar-refractivity contribution in [1.29, 1.82) is 0 Å². The predicted octanol–water partition coefficient (Wildman–Crippen LogP) is 2.37. The van der Waals surface area contributed by atoms with E-state index in [2.05, 4.69) is 32.3 Å². The van der Waals surface area contributed by atoms with E-state index >= 15 is 0 Å². The van der Waals surface area contributed by atoms with Crippen molar-refractivity contribution in [2.75, 3.05) is 19.6 Å². The van der Waals surface area contributed by atoms with E-state index in [0.717, 1.165) is 24.2 Å². The molecule has 23 heavy (non-hydrogen) atoms. The van der Waals surface area contributed by atoms with Crippen LogP contribution in [-0.4, -0.2) is 40.4 Å². The van der Waals surface area contributed by atoms with Gasteiger partial charge in [-0.1, -0.05) is 18.6 Å². The standard InChI is InChI=1S/C18H24N4O/c23-18(20-9-8-17-12-19-14-21-17)16-6-4-15(5-7-16)13-22-10-2-1-3-11-22/h4-7,12,14H,1-3,8-11,13H2,(H,19,21)(H,20,23). The van der Waals surface area contributed by atoms with Crippen molar-refractivity contribution < 1.29 is 4.79 Å². The Morgan fingerprint density at radius 3 is 2.65 bits per heavy atom. The zero-order valence-electron chi connectivity index (χ0n) is 13.4. The van der Waals surface area contributed by atoms with E-state index in [1.54, 1.807) is 12.5 Å². The van der Waals surface area contributed by atoms with E-state index < -0.39 is 0 Å². The molecule has 0 unspecified atom stereocenters. The van der Waals surface area contributed by atoms with E-state index in [-0.39, 0.29) is 5.91 Å². The normalized spacial score (nSPS) is 15.5. The highest BCUT2D eigenvalue weighted by molar-refractivity contribution is 5.94. The summed E-state index contributed by atoms with van der Waals surface area (Å²) in [5.74, 6) is -0.0194. The Morgan fingerprint density at radius 1 is 1.17 bits per heavy atom. The van der Waals surface area contributed by atoms with Gasteiger partial charge in [-0.25, -0.2) is 4.98 Å². The second-order valence-electron chi connectivity index (χ2n) is 6.12. The molecule has 5 nitrogen and oxygen atoms in total. The van der Waals surface area contributed by atoms with Crippen LogP contribution in [0.25, 0.3) is 0 Å². The van der Waals surface area contributed by atoms with Crippen LogP contribution in [0, 0.1) is 0 Å². The van der Waals surface area contributed by atoms with Gasteiger partial charge in [0.25, 0.3) is 5.91 Å². The minimum Gasteiger partial charge on any atom is -0.352 e. The van der Waals surface area contributed by atoms with Crippen LogP contribution in [0.4, 0.5) is 0 Å². The van der Waals surface area contributed by atoms with Gasteiger partial charge >= 0.3 is 0 Å². The van der Waals surface area contributed by atoms with Crippen molar-refractivity contribution in [3.8, 4) is 0 Å². The van der Waals surface area contributed by atoms with Crippen LogP contribution in [0.3, 0.4) is 0 Å². The van der Waals surface area contributed by atoms with Crippen molar-refractivity contribution >= 4 is 5.91 Å². The number of likely N-dealkylation sites (tertiary alicyclic amines) is 1. The second kappa shape index (κ2) is 7.92. The Bertz CT molecular complexity index is 600. The van der Waals surface area contributed by atoms with E-state index in [9.17, 15) is 4.79 Å². The van der Waals surface area contributed by atoms with Crippen molar-refractivity contribution in [2.24, 2.45) is 0 Å². The molecule has 1 aliphatic heterocycles. The number of nitrogens with zero attached hydrogens (tertiary/aromatic N) is 2. The molecule has 0 aliphatic carbocycles. The maximum absolute atomic E-state index is 12.1. The van der Waals surface area contributed by atoms with Gasteiger partial charge in [-0.2, -0.15) is 0 Å². The Hall–Kier alpha value is -2.14. The highest BCUT2D eigenvalue weighted by atomic mass is 16.1. The zero-order valence-corrected chi connectivity index (χ0v) is 13.4. The summed E-state index contributed by atoms with van der Waals surface area (Å²) in [7, 11) is 0. The first-order chi connectivity index (χ1) is 11.3. The monoisotopic (exact) mass is 312 g/mol.